The molecule has 3 heteroatoms. The van der Waals surface area contributed by atoms with Gasteiger partial charge in [0, 0.05) is 24.2 Å². The molecule has 102 valence electrons. The quantitative estimate of drug-likeness (QED) is 0.650. The summed E-state index contributed by atoms with van der Waals surface area (Å²) in [7, 11) is 0. The van der Waals surface area contributed by atoms with Gasteiger partial charge in [0.15, 0.2) is 5.75 Å². The molecule has 3 aromatic rings. The summed E-state index contributed by atoms with van der Waals surface area (Å²) in [4.78, 5) is 8.55. The Kier molecular flexibility index (Phi) is 4.03. The fourth-order valence-corrected chi connectivity index (χ4v) is 1.86. The third-order valence-corrected chi connectivity index (χ3v) is 2.87. The van der Waals surface area contributed by atoms with E-state index in [-0.39, 0.29) is 0 Å². The Morgan fingerprint density at radius 1 is 0.857 bits per heavy atom. The molecule has 0 amide bonds. The molecular formula is C18H14N2O. The maximum Gasteiger partial charge on any atom is 0.153 e. The maximum absolute atomic E-state index is 5.87. The van der Waals surface area contributed by atoms with E-state index in [0.717, 1.165) is 22.7 Å². The van der Waals surface area contributed by atoms with Crippen molar-refractivity contribution < 1.29 is 4.74 Å². The van der Waals surface area contributed by atoms with Gasteiger partial charge in [0.2, 0.25) is 0 Å². The summed E-state index contributed by atoms with van der Waals surface area (Å²) in [5, 5.41) is 0. The van der Waals surface area contributed by atoms with Gasteiger partial charge in [0.05, 0.1) is 0 Å². The van der Waals surface area contributed by atoms with E-state index in [9.17, 15) is 0 Å². The molecular weight excluding hydrogens is 260 g/mol. The SMILES string of the molecule is C(=Nc1ccccc1Oc1ccccc1)c1cccnc1. The van der Waals surface area contributed by atoms with Gasteiger partial charge in [-0.3, -0.25) is 9.98 Å². The summed E-state index contributed by atoms with van der Waals surface area (Å²) in [6, 6.07) is 21.2. The van der Waals surface area contributed by atoms with Gasteiger partial charge in [0.25, 0.3) is 0 Å². The van der Waals surface area contributed by atoms with E-state index < -0.39 is 0 Å². The van der Waals surface area contributed by atoms with E-state index in [0.29, 0.717) is 0 Å². The van der Waals surface area contributed by atoms with Gasteiger partial charge in [0.1, 0.15) is 11.4 Å². The molecule has 0 unspecified atom stereocenters. The molecule has 0 saturated carbocycles. The first-order valence-electron chi connectivity index (χ1n) is 6.68. The highest BCUT2D eigenvalue weighted by Crippen LogP contribution is 2.31. The Labute approximate surface area is 123 Å². The minimum atomic E-state index is 0.726. The van der Waals surface area contributed by atoms with Crippen molar-refractivity contribution in [3.63, 3.8) is 0 Å². The van der Waals surface area contributed by atoms with Crippen LogP contribution in [-0.4, -0.2) is 11.2 Å². The third kappa shape index (κ3) is 3.54. The molecule has 3 rings (SSSR count). The Balaban J connectivity index is 1.84. The number of para-hydroxylation sites is 3. The molecule has 0 spiro atoms. The molecule has 1 aromatic heterocycles. The van der Waals surface area contributed by atoms with Crippen molar-refractivity contribution in [1.29, 1.82) is 0 Å². The zero-order valence-electron chi connectivity index (χ0n) is 11.4. The Hall–Kier alpha value is -2.94. The topological polar surface area (TPSA) is 34.5 Å². The first kappa shape index (κ1) is 13.1. The average Bonchev–Trinajstić information content (AvgIpc) is 2.56. The largest absolute Gasteiger partial charge is 0.455 e. The molecule has 3 nitrogen and oxygen atoms in total. The first-order valence-corrected chi connectivity index (χ1v) is 6.68. The van der Waals surface area contributed by atoms with Crippen molar-refractivity contribution in [2.24, 2.45) is 4.99 Å². The number of hydrogen-bond donors (Lipinski definition) is 0. The van der Waals surface area contributed by atoms with Gasteiger partial charge in [-0.15, -0.1) is 0 Å². The van der Waals surface area contributed by atoms with Crippen molar-refractivity contribution in [2.75, 3.05) is 0 Å². The molecule has 0 saturated heterocycles. The summed E-state index contributed by atoms with van der Waals surface area (Å²) in [5.74, 6) is 1.52. The summed E-state index contributed by atoms with van der Waals surface area (Å²) in [5.41, 5.74) is 1.73. The Bertz CT molecular complexity index is 724. The second-order valence-corrected chi connectivity index (χ2v) is 4.43. The highest BCUT2D eigenvalue weighted by molar-refractivity contribution is 5.82. The second kappa shape index (κ2) is 6.48. The van der Waals surface area contributed by atoms with Gasteiger partial charge >= 0.3 is 0 Å². The number of pyridine rings is 1. The molecule has 0 aliphatic rings. The third-order valence-electron chi connectivity index (χ3n) is 2.87. The van der Waals surface area contributed by atoms with Gasteiger partial charge < -0.3 is 4.74 Å². The average molecular weight is 274 g/mol. The van der Waals surface area contributed by atoms with E-state index in [1.807, 2.05) is 66.7 Å². The number of hydrogen-bond acceptors (Lipinski definition) is 3. The van der Waals surface area contributed by atoms with Crippen molar-refractivity contribution in [1.82, 2.24) is 4.98 Å². The molecule has 0 aliphatic heterocycles. The van der Waals surface area contributed by atoms with E-state index in [4.69, 9.17) is 4.74 Å². The summed E-state index contributed by atoms with van der Waals surface area (Å²) < 4.78 is 5.87. The van der Waals surface area contributed by atoms with E-state index in [1.165, 1.54) is 0 Å². The standard InChI is InChI=1S/C18H14N2O/c1-2-8-16(9-3-1)21-18-11-5-4-10-17(18)20-14-15-7-6-12-19-13-15/h1-14H. The Morgan fingerprint density at radius 2 is 1.67 bits per heavy atom. The molecule has 0 fully saturated rings. The zero-order chi connectivity index (χ0) is 14.3. The highest BCUT2D eigenvalue weighted by atomic mass is 16.5. The van der Waals surface area contributed by atoms with Gasteiger partial charge in [-0.1, -0.05) is 36.4 Å². The van der Waals surface area contributed by atoms with Crippen LogP contribution in [0.2, 0.25) is 0 Å². The Morgan fingerprint density at radius 3 is 2.48 bits per heavy atom. The van der Waals surface area contributed by atoms with Crippen molar-refractivity contribution >= 4 is 11.9 Å². The fraction of sp³-hybridized carbons (Fsp3) is 0. The molecule has 0 bridgehead atoms. The van der Waals surface area contributed by atoms with E-state index >= 15 is 0 Å². The minimum Gasteiger partial charge on any atom is -0.455 e. The lowest BCUT2D eigenvalue weighted by Gasteiger charge is -2.07. The molecule has 0 N–H and O–H groups in total. The molecule has 21 heavy (non-hydrogen) atoms. The number of benzene rings is 2. The second-order valence-electron chi connectivity index (χ2n) is 4.43. The molecule has 1 heterocycles. The summed E-state index contributed by atoms with van der Waals surface area (Å²) in [6.45, 7) is 0. The van der Waals surface area contributed by atoms with Crippen LogP contribution in [0.15, 0.2) is 84.1 Å². The van der Waals surface area contributed by atoms with Crippen LogP contribution in [0, 0.1) is 0 Å². The zero-order valence-corrected chi connectivity index (χ0v) is 11.4. The van der Waals surface area contributed by atoms with Crippen LogP contribution < -0.4 is 4.74 Å². The lowest BCUT2D eigenvalue weighted by Crippen LogP contribution is -1.85. The van der Waals surface area contributed by atoms with Crippen LogP contribution >= 0.6 is 0 Å². The van der Waals surface area contributed by atoms with Gasteiger partial charge in [-0.25, -0.2) is 0 Å². The van der Waals surface area contributed by atoms with E-state index in [2.05, 4.69) is 9.98 Å². The number of nitrogens with zero attached hydrogens (tertiary/aromatic N) is 2. The summed E-state index contributed by atoms with van der Waals surface area (Å²) in [6.07, 6.45) is 5.29. The number of aliphatic imine (C=N–C) groups is 1. The van der Waals surface area contributed by atoms with E-state index in [1.54, 1.807) is 18.6 Å². The molecule has 0 aliphatic carbocycles. The van der Waals surface area contributed by atoms with Gasteiger partial charge in [-0.2, -0.15) is 0 Å². The summed E-state index contributed by atoms with van der Waals surface area (Å²) >= 11 is 0. The molecule has 2 aromatic carbocycles. The number of aromatic nitrogens is 1. The highest BCUT2D eigenvalue weighted by Gasteiger charge is 2.02. The van der Waals surface area contributed by atoms with Crippen LogP contribution in [0.25, 0.3) is 0 Å². The maximum atomic E-state index is 5.87. The van der Waals surface area contributed by atoms with Crippen LogP contribution in [0.4, 0.5) is 5.69 Å². The number of rotatable bonds is 4. The van der Waals surface area contributed by atoms with Crippen LogP contribution in [0.5, 0.6) is 11.5 Å². The van der Waals surface area contributed by atoms with Crippen molar-refractivity contribution in [2.45, 2.75) is 0 Å². The smallest absolute Gasteiger partial charge is 0.153 e. The fourth-order valence-electron chi connectivity index (χ4n) is 1.86. The minimum absolute atomic E-state index is 0.726. The predicted octanol–water partition coefficient (Wildman–Crippen LogP) is 4.62. The lowest BCUT2D eigenvalue weighted by molar-refractivity contribution is 0.484. The van der Waals surface area contributed by atoms with Crippen molar-refractivity contribution in [3.8, 4) is 11.5 Å². The number of ether oxygens (including phenoxy) is 1. The van der Waals surface area contributed by atoms with Crippen LogP contribution in [0.3, 0.4) is 0 Å². The normalized spacial score (nSPS) is 10.7. The molecule has 0 radical (unpaired) electrons. The van der Waals surface area contributed by atoms with Crippen LogP contribution in [0.1, 0.15) is 5.56 Å². The monoisotopic (exact) mass is 274 g/mol. The van der Waals surface area contributed by atoms with Crippen molar-refractivity contribution in [3.05, 3.63) is 84.7 Å². The predicted molar refractivity (Wildman–Crippen MR) is 84.4 cm³/mol. The van der Waals surface area contributed by atoms with Gasteiger partial charge in [-0.05, 0) is 30.3 Å². The first-order chi connectivity index (χ1) is 10.4. The lowest BCUT2D eigenvalue weighted by atomic mass is 10.2. The molecule has 0 atom stereocenters. The van der Waals surface area contributed by atoms with Crippen LogP contribution in [-0.2, 0) is 0 Å².